The number of carbonyl (C=O) groups is 2. The van der Waals surface area contributed by atoms with Crippen molar-refractivity contribution >= 4 is 29.1 Å². The van der Waals surface area contributed by atoms with E-state index < -0.39 is 23.6 Å². The summed E-state index contributed by atoms with van der Waals surface area (Å²) in [6, 6.07) is 2.34. The molecule has 0 aromatic heterocycles. The Morgan fingerprint density at radius 1 is 1.30 bits per heavy atom. The van der Waals surface area contributed by atoms with Crippen LogP contribution in [0, 0.1) is 12.3 Å². The molecule has 0 aliphatic carbocycles. The number of nitrogens with one attached hydrogen (secondary N) is 2. The number of anilines is 1. The number of carbonyl (C=O) groups excluding carboxylic acids is 2. The lowest BCUT2D eigenvalue weighted by atomic mass is 10.2. The van der Waals surface area contributed by atoms with Gasteiger partial charge in [-0.1, -0.05) is 17.5 Å². The van der Waals surface area contributed by atoms with E-state index >= 15 is 0 Å². The summed E-state index contributed by atoms with van der Waals surface area (Å²) in [5, 5.41) is 3.84. The molecule has 0 spiro atoms. The highest BCUT2D eigenvalue weighted by Crippen LogP contribution is 2.33. The van der Waals surface area contributed by atoms with Crippen LogP contribution in [-0.4, -0.2) is 18.4 Å². The summed E-state index contributed by atoms with van der Waals surface area (Å²) in [6.45, 7) is -0.146. The fraction of sp³-hybridized carbons (Fsp3) is 0.167. The molecule has 0 atom stereocenters. The van der Waals surface area contributed by atoms with Crippen LogP contribution >= 0.6 is 11.6 Å². The monoisotopic (exact) mass is 304 g/mol. The molecule has 0 heterocycles. The number of hydrogen-bond donors (Lipinski definition) is 2. The molecule has 1 aromatic carbocycles. The minimum atomic E-state index is -4.55. The first-order valence-electron chi connectivity index (χ1n) is 5.15. The molecule has 20 heavy (non-hydrogen) atoms. The van der Waals surface area contributed by atoms with Crippen molar-refractivity contribution in [1.29, 1.82) is 0 Å². The van der Waals surface area contributed by atoms with Crippen LogP contribution in [0.5, 0.6) is 0 Å². The smallest absolute Gasteiger partial charge is 0.337 e. The van der Waals surface area contributed by atoms with Gasteiger partial charge in [0.25, 0.3) is 0 Å². The number of amides is 2. The van der Waals surface area contributed by atoms with Crippen LogP contribution in [0.25, 0.3) is 0 Å². The Kier molecular flexibility index (Phi) is 5.00. The molecule has 1 rings (SSSR count). The van der Waals surface area contributed by atoms with Gasteiger partial charge >= 0.3 is 18.0 Å². The van der Waals surface area contributed by atoms with Crippen molar-refractivity contribution in [3.63, 3.8) is 0 Å². The lowest BCUT2D eigenvalue weighted by Gasteiger charge is -2.10. The van der Waals surface area contributed by atoms with Crippen molar-refractivity contribution in [3.8, 4) is 12.3 Å². The lowest BCUT2D eigenvalue weighted by molar-refractivity contribution is -0.137. The highest BCUT2D eigenvalue weighted by Gasteiger charge is 2.31. The van der Waals surface area contributed by atoms with E-state index in [4.69, 9.17) is 18.0 Å². The van der Waals surface area contributed by atoms with Gasteiger partial charge < -0.3 is 10.6 Å². The highest BCUT2D eigenvalue weighted by atomic mass is 35.5. The molecular weight excluding hydrogens is 297 g/mol. The average Bonchev–Trinajstić information content (AvgIpc) is 2.36. The van der Waals surface area contributed by atoms with Gasteiger partial charge in [0, 0.05) is 0 Å². The van der Waals surface area contributed by atoms with Crippen LogP contribution in [0.4, 0.5) is 18.9 Å². The van der Waals surface area contributed by atoms with Gasteiger partial charge in [-0.2, -0.15) is 13.2 Å². The molecule has 0 saturated carbocycles. The van der Waals surface area contributed by atoms with Gasteiger partial charge in [0.15, 0.2) is 0 Å². The fourth-order valence-electron chi connectivity index (χ4n) is 1.18. The van der Waals surface area contributed by atoms with Crippen LogP contribution in [0.15, 0.2) is 18.2 Å². The highest BCUT2D eigenvalue weighted by molar-refractivity contribution is 6.41. The van der Waals surface area contributed by atoms with Gasteiger partial charge in [-0.3, -0.25) is 9.59 Å². The Hall–Kier alpha value is -2.20. The van der Waals surface area contributed by atoms with E-state index in [1.165, 1.54) is 0 Å². The van der Waals surface area contributed by atoms with E-state index in [9.17, 15) is 22.8 Å². The summed E-state index contributed by atoms with van der Waals surface area (Å²) in [4.78, 5) is 22.6. The molecule has 2 N–H and O–H groups in total. The van der Waals surface area contributed by atoms with Gasteiger partial charge in [-0.05, 0) is 18.2 Å². The minimum absolute atomic E-state index is 0.111. The standard InChI is InChI=1S/C12H8ClF3N2O2/c1-2-5-17-10(19)11(20)18-9-4-3-7(6-8(9)13)12(14,15)16/h1,3-4,6H,5H2,(H,17,19)(H,18,20). The first-order valence-corrected chi connectivity index (χ1v) is 5.53. The summed E-state index contributed by atoms with van der Waals surface area (Å²) in [7, 11) is 0. The molecule has 0 bridgehead atoms. The third kappa shape index (κ3) is 4.17. The first kappa shape index (κ1) is 15.9. The van der Waals surface area contributed by atoms with E-state index in [0.29, 0.717) is 6.07 Å². The number of terminal acetylenes is 1. The van der Waals surface area contributed by atoms with E-state index in [1.54, 1.807) is 0 Å². The Morgan fingerprint density at radius 3 is 2.45 bits per heavy atom. The zero-order chi connectivity index (χ0) is 15.3. The normalized spacial score (nSPS) is 10.6. The second-order valence-electron chi connectivity index (χ2n) is 3.53. The second-order valence-corrected chi connectivity index (χ2v) is 3.94. The molecule has 1 aromatic rings. The van der Waals surface area contributed by atoms with E-state index in [1.807, 2.05) is 0 Å². The SMILES string of the molecule is C#CCNC(=O)C(=O)Nc1ccc(C(F)(F)F)cc1Cl. The predicted octanol–water partition coefficient (Wildman–Crippen LogP) is 2.05. The summed E-state index contributed by atoms with van der Waals surface area (Å²) < 4.78 is 37.2. The molecule has 0 aliphatic heterocycles. The zero-order valence-electron chi connectivity index (χ0n) is 9.84. The molecule has 4 nitrogen and oxygen atoms in total. The van der Waals surface area contributed by atoms with Crippen LogP contribution in [0.1, 0.15) is 5.56 Å². The Balaban J connectivity index is 2.82. The molecule has 2 amide bonds. The van der Waals surface area contributed by atoms with E-state index in [0.717, 1.165) is 12.1 Å². The summed E-state index contributed by atoms with van der Waals surface area (Å²) in [6.07, 6.45) is 0.342. The van der Waals surface area contributed by atoms with Crippen molar-refractivity contribution in [2.45, 2.75) is 6.18 Å². The Labute approximate surface area is 117 Å². The molecular formula is C12H8ClF3N2O2. The minimum Gasteiger partial charge on any atom is -0.337 e. The second kappa shape index (κ2) is 6.30. The third-order valence-corrected chi connectivity index (χ3v) is 2.41. The molecule has 106 valence electrons. The maximum Gasteiger partial charge on any atom is 0.416 e. The fourth-order valence-corrected chi connectivity index (χ4v) is 1.41. The molecule has 8 heteroatoms. The van der Waals surface area contributed by atoms with Crippen molar-refractivity contribution in [2.75, 3.05) is 11.9 Å². The molecule has 0 unspecified atom stereocenters. The summed E-state index contributed by atoms with van der Waals surface area (Å²) in [5.74, 6) is -0.00667. The Bertz CT molecular complexity index is 579. The van der Waals surface area contributed by atoms with Crippen molar-refractivity contribution in [2.24, 2.45) is 0 Å². The molecule has 0 fully saturated rings. The molecule has 0 aliphatic rings. The number of rotatable bonds is 2. The van der Waals surface area contributed by atoms with Crippen molar-refractivity contribution in [3.05, 3.63) is 28.8 Å². The van der Waals surface area contributed by atoms with Crippen LogP contribution < -0.4 is 10.6 Å². The third-order valence-electron chi connectivity index (χ3n) is 2.10. The number of halogens is 4. The maximum atomic E-state index is 12.4. The largest absolute Gasteiger partial charge is 0.416 e. The Morgan fingerprint density at radius 2 is 1.95 bits per heavy atom. The topological polar surface area (TPSA) is 58.2 Å². The lowest BCUT2D eigenvalue weighted by Crippen LogP contribution is -2.35. The van der Waals surface area contributed by atoms with Gasteiger partial charge in [-0.15, -0.1) is 6.42 Å². The predicted molar refractivity (Wildman–Crippen MR) is 66.9 cm³/mol. The molecule has 0 saturated heterocycles. The van der Waals surface area contributed by atoms with Crippen LogP contribution in [0.2, 0.25) is 5.02 Å². The molecule has 0 radical (unpaired) electrons. The average molecular weight is 305 g/mol. The number of benzene rings is 1. The van der Waals surface area contributed by atoms with Crippen LogP contribution in [-0.2, 0) is 15.8 Å². The van der Waals surface area contributed by atoms with Gasteiger partial charge in [-0.25, -0.2) is 0 Å². The number of hydrogen-bond acceptors (Lipinski definition) is 2. The summed E-state index contributed by atoms with van der Waals surface area (Å²) >= 11 is 5.61. The van der Waals surface area contributed by atoms with E-state index in [2.05, 4.69) is 16.6 Å². The van der Waals surface area contributed by atoms with Crippen LogP contribution in [0.3, 0.4) is 0 Å². The van der Waals surface area contributed by atoms with Gasteiger partial charge in [0.05, 0.1) is 22.8 Å². The first-order chi connectivity index (χ1) is 9.25. The van der Waals surface area contributed by atoms with Gasteiger partial charge in [0.1, 0.15) is 0 Å². The summed E-state index contributed by atoms with van der Waals surface area (Å²) in [5.41, 5.74) is -1.07. The quantitative estimate of drug-likeness (QED) is 0.649. The van der Waals surface area contributed by atoms with Gasteiger partial charge in [0.2, 0.25) is 0 Å². The maximum absolute atomic E-state index is 12.4. The zero-order valence-corrected chi connectivity index (χ0v) is 10.6. The number of alkyl halides is 3. The van der Waals surface area contributed by atoms with Crippen molar-refractivity contribution in [1.82, 2.24) is 5.32 Å². The van der Waals surface area contributed by atoms with Crippen molar-refractivity contribution < 1.29 is 22.8 Å². The van der Waals surface area contributed by atoms with E-state index in [-0.39, 0.29) is 17.3 Å².